The maximum Gasteiger partial charge on any atom is 0.313 e. The molecule has 1 N–H and O–H groups in total. The Hall–Kier alpha value is -3.51. The van der Waals surface area contributed by atoms with Crippen LogP contribution in [0.2, 0.25) is 5.02 Å². The van der Waals surface area contributed by atoms with Crippen LogP contribution in [0.15, 0.2) is 77.3 Å². The SMILES string of the molecule is CC[C@H](C)[C@H](CO)N1C(=O)[C@H]2[C@@H]3C(=O)O[C@H](c4ccccc4)[C@@H](C)N(C)C(=O)CC/C=C\CN(c4ccccc4Cl)C(=O)[C@H]1[C@@]21C=C(Br)[C@@H]3O1. The van der Waals surface area contributed by atoms with Crippen molar-refractivity contribution in [2.45, 2.75) is 76.0 Å². The van der Waals surface area contributed by atoms with Crippen LogP contribution in [0, 0.1) is 17.8 Å². The molecule has 2 aromatic carbocycles. The minimum absolute atomic E-state index is 0.0886. The van der Waals surface area contributed by atoms with Gasteiger partial charge < -0.3 is 29.3 Å². The Kier molecular flexibility index (Phi) is 10.6. The number of nitrogens with zero attached hydrogens (tertiary/aromatic N) is 3. The number of likely N-dealkylation sites (N-methyl/N-ethyl adjacent to an activating group) is 1. The largest absolute Gasteiger partial charge is 0.455 e. The van der Waals surface area contributed by atoms with Crippen molar-refractivity contribution in [1.29, 1.82) is 0 Å². The van der Waals surface area contributed by atoms with Gasteiger partial charge >= 0.3 is 5.97 Å². The van der Waals surface area contributed by atoms with Gasteiger partial charge in [-0.15, -0.1) is 0 Å². The predicted octanol–water partition coefficient (Wildman–Crippen LogP) is 5.43. The third-order valence-electron chi connectivity index (χ3n) is 10.9. The molecule has 12 heteroatoms. The van der Waals surface area contributed by atoms with Crippen molar-refractivity contribution >= 4 is 56.9 Å². The number of allylic oxidation sites excluding steroid dienone is 1. The standard InChI is InChI=1S/C38H43BrClN3O7/c1-5-22(2)28(21-44)43-34-36(47)42(27-17-12-11-16-26(27)40)19-13-7-10-18-29(45)41(4)23(3)32(24-14-8-6-9-15-24)49-37(48)30-31(35(43)46)38(34)20-25(39)33(30)50-38/h6-9,11-17,20,22-23,28,30-34,44H,5,10,18-19,21H2,1-4H3/b13-7-/t22-,23+,28-,30-,31+,32-,33-,34-,38+/m0/s1. The molecule has 1 spiro atoms. The number of anilines is 1. The first kappa shape index (κ1) is 36.3. The monoisotopic (exact) mass is 767 g/mol. The number of esters is 1. The molecule has 0 aromatic heterocycles. The maximum absolute atomic E-state index is 15.2. The lowest BCUT2D eigenvalue weighted by Gasteiger charge is -2.40. The highest BCUT2D eigenvalue weighted by Gasteiger charge is 2.75. The van der Waals surface area contributed by atoms with E-state index in [9.17, 15) is 19.5 Å². The molecule has 4 heterocycles. The quantitative estimate of drug-likeness (QED) is 0.308. The topological polar surface area (TPSA) is 117 Å². The molecular weight excluding hydrogens is 726 g/mol. The van der Waals surface area contributed by atoms with Gasteiger partial charge in [-0.3, -0.25) is 19.2 Å². The lowest BCUT2D eigenvalue weighted by Crippen LogP contribution is -2.59. The van der Waals surface area contributed by atoms with E-state index < -0.39 is 72.2 Å². The zero-order valence-electron chi connectivity index (χ0n) is 28.6. The van der Waals surface area contributed by atoms with E-state index in [0.717, 1.165) is 0 Å². The highest BCUT2D eigenvalue weighted by molar-refractivity contribution is 9.11. The fourth-order valence-electron chi connectivity index (χ4n) is 7.91. The molecule has 5 bridgehead atoms. The lowest BCUT2D eigenvalue weighted by atomic mass is 9.74. The van der Waals surface area contributed by atoms with Gasteiger partial charge in [0.1, 0.15) is 29.8 Å². The molecule has 4 aliphatic heterocycles. The van der Waals surface area contributed by atoms with Gasteiger partial charge in [-0.25, -0.2) is 0 Å². The molecule has 0 unspecified atom stereocenters. The minimum Gasteiger partial charge on any atom is -0.455 e. The Labute approximate surface area is 306 Å². The summed E-state index contributed by atoms with van der Waals surface area (Å²) in [7, 11) is 1.69. The number of fused-ring (bicyclic) bond motifs is 2. The first-order valence-corrected chi connectivity index (χ1v) is 18.3. The summed E-state index contributed by atoms with van der Waals surface area (Å²) in [6.07, 6.45) is 4.89. The molecule has 4 aliphatic rings. The summed E-state index contributed by atoms with van der Waals surface area (Å²) >= 11 is 10.3. The number of carbonyl (C=O) groups excluding carboxylic acids is 4. The van der Waals surface area contributed by atoms with Crippen LogP contribution in [-0.2, 0) is 28.7 Å². The van der Waals surface area contributed by atoms with E-state index in [2.05, 4.69) is 15.9 Å². The molecule has 6 rings (SSSR count). The summed E-state index contributed by atoms with van der Waals surface area (Å²) in [6, 6.07) is 13.6. The smallest absolute Gasteiger partial charge is 0.313 e. The van der Waals surface area contributed by atoms with Crippen LogP contribution in [0.3, 0.4) is 0 Å². The van der Waals surface area contributed by atoms with Crippen LogP contribution in [0.1, 0.15) is 51.7 Å². The second-order valence-corrected chi connectivity index (χ2v) is 15.0. The molecule has 266 valence electrons. The van der Waals surface area contributed by atoms with E-state index in [1.807, 2.05) is 63.3 Å². The number of rotatable bonds is 6. The summed E-state index contributed by atoms with van der Waals surface area (Å²) < 4.78 is 13.6. The molecular formula is C38H43BrClN3O7. The number of halogens is 2. The summed E-state index contributed by atoms with van der Waals surface area (Å²) in [5.41, 5.74) is -0.417. The van der Waals surface area contributed by atoms with Gasteiger partial charge in [0.25, 0.3) is 5.91 Å². The number of ether oxygens (including phenoxy) is 2. The number of carbonyl (C=O) groups is 4. The van der Waals surface area contributed by atoms with Crippen molar-refractivity contribution in [2.75, 3.05) is 25.1 Å². The number of hydrogen-bond donors (Lipinski definition) is 1. The van der Waals surface area contributed by atoms with Crippen LogP contribution in [0.5, 0.6) is 0 Å². The summed E-state index contributed by atoms with van der Waals surface area (Å²) in [4.78, 5) is 62.6. The van der Waals surface area contributed by atoms with Crippen LogP contribution in [0.4, 0.5) is 5.69 Å². The van der Waals surface area contributed by atoms with Crippen molar-refractivity contribution in [2.24, 2.45) is 17.8 Å². The van der Waals surface area contributed by atoms with Gasteiger partial charge in [0.15, 0.2) is 0 Å². The summed E-state index contributed by atoms with van der Waals surface area (Å²) in [6.45, 7) is 5.41. The number of aliphatic hydroxyl groups is 1. The molecule has 50 heavy (non-hydrogen) atoms. The first-order chi connectivity index (χ1) is 24.0. The molecule has 2 fully saturated rings. The molecule has 2 saturated heterocycles. The Bertz CT molecular complexity index is 1700. The highest BCUT2D eigenvalue weighted by Crippen LogP contribution is 2.60. The number of para-hydroxylation sites is 1. The van der Waals surface area contributed by atoms with Crippen molar-refractivity contribution in [1.82, 2.24) is 9.80 Å². The van der Waals surface area contributed by atoms with Gasteiger partial charge in [0.2, 0.25) is 11.8 Å². The Balaban J connectivity index is 1.53. The molecule has 10 nitrogen and oxygen atoms in total. The second-order valence-electron chi connectivity index (χ2n) is 13.6. The summed E-state index contributed by atoms with van der Waals surface area (Å²) in [5, 5.41) is 11.1. The zero-order valence-corrected chi connectivity index (χ0v) is 30.9. The Morgan fingerprint density at radius 3 is 2.40 bits per heavy atom. The van der Waals surface area contributed by atoms with Gasteiger partial charge in [-0.2, -0.15) is 0 Å². The van der Waals surface area contributed by atoms with Crippen LogP contribution in [0.25, 0.3) is 0 Å². The van der Waals surface area contributed by atoms with Gasteiger partial charge in [0.05, 0.1) is 35.3 Å². The van der Waals surface area contributed by atoms with E-state index in [-0.39, 0.29) is 24.8 Å². The normalized spacial score (nSPS) is 32.1. The van der Waals surface area contributed by atoms with Gasteiger partial charge in [-0.1, -0.05) is 102 Å². The fraction of sp³-hybridized carbons (Fsp3) is 0.474. The predicted molar refractivity (Wildman–Crippen MR) is 192 cm³/mol. The Morgan fingerprint density at radius 1 is 1.02 bits per heavy atom. The number of hydrogen-bond acceptors (Lipinski definition) is 7. The van der Waals surface area contributed by atoms with Gasteiger partial charge in [-0.05, 0) is 43.0 Å². The van der Waals surface area contributed by atoms with Crippen molar-refractivity contribution in [3.63, 3.8) is 0 Å². The Morgan fingerprint density at radius 2 is 1.72 bits per heavy atom. The van der Waals surface area contributed by atoms with Crippen molar-refractivity contribution < 1.29 is 33.8 Å². The number of likely N-dealkylation sites (tertiary alicyclic amines) is 1. The average Bonchev–Trinajstić information content (AvgIpc) is 3.71. The zero-order chi connectivity index (χ0) is 35.9. The van der Waals surface area contributed by atoms with E-state index in [1.165, 1.54) is 9.80 Å². The van der Waals surface area contributed by atoms with E-state index in [4.69, 9.17) is 21.1 Å². The van der Waals surface area contributed by atoms with Crippen LogP contribution >= 0.6 is 27.5 Å². The van der Waals surface area contributed by atoms with E-state index in [1.54, 1.807) is 42.3 Å². The molecule has 0 saturated carbocycles. The first-order valence-electron chi connectivity index (χ1n) is 17.2. The van der Waals surface area contributed by atoms with Crippen molar-refractivity contribution in [3.8, 4) is 0 Å². The number of benzene rings is 2. The third-order valence-corrected chi connectivity index (χ3v) is 11.9. The number of amides is 3. The highest BCUT2D eigenvalue weighted by atomic mass is 79.9. The maximum atomic E-state index is 15.2. The third kappa shape index (κ3) is 6.10. The van der Waals surface area contributed by atoms with Crippen molar-refractivity contribution in [3.05, 3.63) is 87.9 Å². The van der Waals surface area contributed by atoms with E-state index >= 15 is 4.79 Å². The fourth-order valence-corrected chi connectivity index (χ4v) is 8.88. The molecule has 0 radical (unpaired) electrons. The lowest BCUT2D eigenvalue weighted by molar-refractivity contribution is -0.164. The average molecular weight is 769 g/mol. The van der Waals surface area contributed by atoms with Gasteiger partial charge in [0, 0.05) is 24.5 Å². The number of aliphatic hydroxyl groups excluding tert-OH is 1. The summed E-state index contributed by atoms with van der Waals surface area (Å²) in [5.74, 6) is -4.15. The molecule has 3 amide bonds. The molecule has 2 aromatic rings. The number of cyclic esters (lactones) is 1. The molecule has 0 aliphatic carbocycles. The molecule has 9 atom stereocenters. The van der Waals surface area contributed by atoms with E-state index in [0.29, 0.717) is 33.6 Å². The second kappa shape index (κ2) is 14.6. The van der Waals surface area contributed by atoms with Crippen LogP contribution in [-0.4, -0.2) is 88.6 Å². The minimum atomic E-state index is -1.54. The van der Waals surface area contributed by atoms with Crippen LogP contribution < -0.4 is 4.90 Å².